The Morgan fingerprint density at radius 1 is 1.50 bits per heavy atom. The number of rotatable bonds is 6. The largest absolute Gasteiger partial charge is 0.502 e. The topological polar surface area (TPSA) is 101 Å². The average molecular weight is 320 g/mol. The number of nitrogens with zero attached hydrogens (tertiary/aromatic N) is 2. The van der Waals surface area contributed by atoms with Gasteiger partial charge in [-0.2, -0.15) is 16.1 Å². The minimum absolute atomic E-state index is 0.211. The van der Waals surface area contributed by atoms with Crippen molar-refractivity contribution in [1.29, 1.82) is 0 Å². The minimum Gasteiger partial charge on any atom is -0.502 e. The molecule has 0 saturated carbocycles. The Kier molecular flexibility index (Phi) is 5.37. The van der Waals surface area contributed by atoms with E-state index in [0.29, 0.717) is 5.75 Å². The maximum atomic E-state index is 12.3. The molecule has 20 heavy (non-hydrogen) atoms. The van der Waals surface area contributed by atoms with Crippen LogP contribution in [0.5, 0.6) is 5.75 Å². The number of nitro groups is 1. The van der Waals surface area contributed by atoms with E-state index in [0.717, 1.165) is 18.2 Å². The molecule has 1 rings (SSSR count). The van der Waals surface area contributed by atoms with Gasteiger partial charge in [0.1, 0.15) is 0 Å². The van der Waals surface area contributed by atoms with E-state index in [1.54, 1.807) is 6.92 Å². The van der Waals surface area contributed by atoms with E-state index >= 15 is 0 Å². The predicted octanol–water partition coefficient (Wildman–Crippen LogP) is 1.67. The number of thioether (sulfide) groups is 1. The van der Waals surface area contributed by atoms with Crippen LogP contribution in [0.2, 0.25) is 0 Å². The highest BCUT2D eigenvalue weighted by Crippen LogP contribution is 2.29. The first-order valence-electron chi connectivity index (χ1n) is 5.66. The van der Waals surface area contributed by atoms with Gasteiger partial charge in [-0.05, 0) is 25.3 Å². The molecule has 0 spiro atoms. The van der Waals surface area contributed by atoms with Crippen molar-refractivity contribution in [3.63, 3.8) is 0 Å². The zero-order valence-electron chi connectivity index (χ0n) is 11.3. The van der Waals surface area contributed by atoms with Crippen LogP contribution in [-0.4, -0.2) is 47.9 Å². The van der Waals surface area contributed by atoms with Crippen LogP contribution in [0.15, 0.2) is 23.1 Å². The summed E-state index contributed by atoms with van der Waals surface area (Å²) in [5.41, 5.74) is -0.628. The second-order valence-electron chi connectivity index (χ2n) is 4.23. The molecule has 0 radical (unpaired) electrons. The number of benzene rings is 1. The fourth-order valence-electron chi connectivity index (χ4n) is 1.56. The van der Waals surface area contributed by atoms with Crippen molar-refractivity contribution in [3.8, 4) is 5.75 Å². The molecule has 1 N–H and O–H groups in total. The van der Waals surface area contributed by atoms with E-state index in [1.165, 1.54) is 23.1 Å². The summed E-state index contributed by atoms with van der Waals surface area (Å²) in [5.74, 6) is 0.0457. The summed E-state index contributed by atoms with van der Waals surface area (Å²) in [7, 11) is -2.40. The van der Waals surface area contributed by atoms with Crippen LogP contribution < -0.4 is 0 Å². The highest BCUT2D eigenvalue weighted by molar-refractivity contribution is 7.98. The number of aromatic hydroxyl groups is 1. The molecule has 0 fully saturated rings. The van der Waals surface area contributed by atoms with Crippen LogP contribution >= 0.6 is 11.8 Å². The standard InChI is InChI=1S/C11H16N2O5S2/c1-8(7-19-3)12(2)20(17,18)9-4-5-11(14)10(6-9)13(15)16/h4-6,8,14H,7H2,1-3H3. The monoisotopic (exact) mass is 320 g/mol. The van der Waals surface area contributed by atoms with Crippen molar-refractivity contribution < 1.29 is 18.4 Å². The molecule has 1 aromatic carbocycles. The van der Waals surface area contributed by atoms with Crippen LogP contribution in [0.3, 0.4) is 0 Å². The third kappa shape index (κ3) is 3.41. The molecule has 112 valence electrons. The molecule has 0 heterocycles. The number of hydrogen-bond donors (Lipinski definition) is 1. The molecule has 0 bridgehead atoms. The molecule has 0 aromatic heterocycles. The first-order valence-corrected chi connectivity index (χ1v) is 8.49. The van der Waals surface area contributed by atoms with Gasteiger partial charge in [-0.1, -0.05) is 0 Å². The number of sulfonamides is 1. The van der Waals surface area contributed by atoms with Gasteiger partial charge < -0.3 is 5.11 Å². The second kappa shape index (κ2) is 6.42. The Hall–Kier alpha value is -1.32. The molecule has 7 nitrogen and oxygen atoms in total. The van der Waals surface area contributed by atoms with Crippen molar-refractivity contribution in [2.24, 2.45) is 0 Å². The molecule has 9 heteroatoms. The van der Waals surface area contributed by atoms with E-state index in [-0.39, 0.29) is 10.9 Å². The molecule has 1 atom stereocenters. The van der Waals surface area contributed by atoms with Crippen LogP contribution in [0, 0.1) is 10.1 Å². The summed E-state index contributed by atoms with van der Waals surface area (Å²) < 4.78 is 25.9. The Morgan fingerprint density at radius 2 is 2.10 bits per heavy atom. The van der Waals surface area contributed by atoms with E-state index in [4.69, 9.17) is 0 Å². The minimum atomic E-state index is -3.83. The van der Waals surface area contributed by atoms with Gasteiger partial charge in [0.05, 0.1) is 9.82 Å². The van der Waals surface area contributed by atoms with Gasteiger partial charge in [0.2, 0.25) is 10.0 Å². The smallest absolute Gasteiger partial charge is 0.312 e. The lowest BCUT2D eigenvalue weighted by Crippen LogP contribution is -2.36. The van der Waals surface area contributed by atoms with Gasteiger partial charge in [-0.3, -0.25) is 10.1 Å². The Balaban J connectivity index is 3.22. The van der Waals surface area contributed by atoms with Gasteiger partial charge in [-0.15, -0.1) is 0 Å². The van der Waals surface area contributed by atoms with Crippen molar-refractivity contribution >= 4 is 27.5 Å². The highest BCUT2D eigenvalue weighted by Gasteiger charge is 2.27. The maximum absolute atomic E-state index is 12.3. The molecule has 0 aliphatic rings. The number of nitro benzene ring substituents is 1. The van der Waals surface area contributed by atoms with Gasteiger partial charge in [0, 0.05) is 24.9 Å². The summed E-state index contributed by atoms with van der Waals surface area (Å²) in [6.45, 7) is 1.75. The van der Waals surface area contributed by atoms with Crippen molar-refractivity contribution in [1.82, 2.24) is 4.31 Å². The van der Waals surface area contributed by atoms with Crippen LogP contribution in [0.25, 0.3) is 0 Å². The quantitative estimate of drug-likeness (QED) is 0.632. The zero-order chi connectivity index (χ0) is 15.5. The molecular formula is C11H16N2O5S2. The van der Waals surface area contributed by atoms with Crippen LogP contribution in [0.4, 0.5) is 5.69 Å². The van der Waals surface area contributed by atoms with E-state index in [2.05, 4.69) is 0 Å². The van der Waals surface area contributed by atoms with E-state index in [1.807, 2.05) is 6.26 Å². The highest BCUT2D eigenvalue weighted by atomic mass is 32.2. The number of hydrogen-bond acceptors (Lipinski definition) is 6. The summed E-state index contributed by atoms with van der Waals surface area (Å²) in [4.78, 5) is 9.71. The second-order valence-corrected chi connectivity index (χ2v) is 7.14. The van der Waals surface area contributed by atoms with Crippen molar-refractivity contribution in [3.05, 3.63) is 28.3 Å². The summed E-state index contributed by atoms with van der Waals surface area (Å²) >= 11 is 1.51. The maximum Gasteiger partial charge on any atom is 0.312 e. The Labute approximate surface area is 121 Å². The van der Waals surface area contributed by atoms with E-state index < -0.39 is 26.4 Å². The predicted molar refractivity (Wildman–Crippen MR) is 77.6 cm³/mol. The molecule has 0 amide bonds. The van der Waals surface area contributed by atoms with Gasteiger partial charge >= 0.3 is 5.69 Å². The van der Waals surface area contributed by atoms with Gasteiger partial charge in [0.25, 0.3) is 0 Å². The zero-order valence-corrected chi connectivity index (χ0v) is 12.9. The third-order valence-corrected chi connectivity index (χ3v) is 5.63. The van der Waals surface area contributed by atoms with Crippen LogP contribution in [-0.2, 0) is 10.0 Å². The molecule has 1 aromatic rings. The lowest BCUT2D eigenvalue weighted by atomic mass is 10.3. The molecule has 0 aliphatic heterocycles. The SMILES string of the molecule is CSCC(C)N(C)S(=O)(=O)c1ccc(O)c([N+](=O)[O-])c1. The summed E-state index contributed by atoms with van der Waals surface area (Å²) in [5, 5.41) is 20.1. The normalized spacial score (nSPS) is 13.4. The molecule has 1 unspecified atom stereocenters. The fraction of sp³-hybridized carbons (Fsp3) is 0.455. The molecule has 0 aliphatic carbocycles. The molecular weight excluding hydrogens is 304 g/mol. The van der Waals surface area contributed by atoms with Gasteiger partial charge in [-0.25, -0.2) is 8.42 Å². The molecule has 0 saturated heterocycles. The first-order chi connectivity index (χ1) is 9.21. The summed E-state index contributed by atoms with van der Waals surface area (Å²) in [6, 6.07) is 2.79. The van der Waals surface area contributed by atoms with E-state index in [9.17, 15) is 23.6 Å². The third-order valence-electron chi connectivity index (χ3n) is 2.85. The van der Waals surface area contributed by atoms with Crippen LogP contribution in [0.1, 0.15) is 6.92 Å². The fourth-order valence-corrected chi connectivity index (χ4v) is 3.74. The Bertz CT molecular complexity index is 603. The number of phenols is 1. The first kappa shape index (κ1) is 16.7. The lowest BCUT2D eigenvalue weighted by Gasteiger charge is -2.23. The van der Waals surface area contributed by atoms with Crippen molar-refractivity contribution in [2.45, 2.75) is 17.9 Å². The van der Waals surface area contributed by atoms with Gasteiger partial charge in [0.15, 0.2) is 5.75 Å². The Morgan fingerprint density at radius 3 is 2.60 bits per heavy atom. The van der Waals surface area contributed by atoms with Crippen molar-refractivity contribution in [2.75, 3.05) is 19.1 Å². The summed E-state index contributed by atoms with van der Waals surface area (Å²) in [6.07, 6.45) is 1.86. The average Bonchev–Trinajstić information content (AvgIpc) is 2.37. The number of phenolic OH excluding ortho intramolecular Hbond substituents is 1. The lowest BCUT2D eigenvalue weighted by molar-refractivity contribution is -0.386.